The van der Waals surface area contributed by atoms with E-state index in [9.17, 15) is 9.90 Å². The largest absolute Gasteiger partial charge is 0.480 e. The first-order valence-corrected chi connectivity index (χ1v) is 13.7. The summed E-state index contributed by atoms with van der Waals surface area (Å²) in [6, 6.07) is 0. The second kappa shape index (κ2) is 11.7. The van der Waals surface area contributed by atoms with Crippen molar-refractivity contribution in [3.8, 4) is 0 Å². The number of thiazole rings is 2. The van der Waals surface area contributed by atoms with Crippen molar-refractivity contribution in [2.24, 2.45) is 0 Å². The molecule has 0 atom stereocenters. The highest BCUT2D eigenvalue weighted by Gasteiger charge is 2.30. The number of anilines is 1. The van der Waals surface area contributed by atoms with Crippen molar-refractivity contribution in [3.05, 3.63) is 22.1 Å². The summed E-state index contributed by atoms with van der Waals surface area (Å²) in [6.45, 7) is 14.2. The molecule has 0 radical (unpaired) electrons. The number of hydrogen-bond donors (Lipinski definition) is 1. The van der Waals surface area contributed by atoms with E-state index in [1.54, 1.807) is 25.2 Å². The van der Waals surface area contributed by atoms with Gasteiger partial charge in [0, 0.05) is 35.7 Å². The maximum Gasteiger partial charge on any atom is 0.319 e. The number of nitrogens with zero attached hydrogens (tertiary/aromatic N) is 3. The van der Waals surface area contributed by atoms with Gasteiger partial charge in [0.1, 0.15) is 4.75 Å². The fraction of sp³-hybridized carbons (Fsp3) is 0.696. The lowest BCUT2D eigenvalue weighted by Gasteiger charge is -2.22. The number of carboxylic acid groups (broad SMARTS) is 1. The van der Waals surface area contributed by atoms with Crippen molar-refractivity contribution in [3.63, 3.8) is 0 Å². The van der Waals surface area contributed by atoms with Crippen LogP contribution in [0.15, 0.2) is 15.1 Å². The minimum atomic E-state index is -0.871. The lowest BCUT2D eigenvalue weighted by atomic mass is 9.93. The number of thioether (sulfide) groups is 1. The molecule has 2 aromatic heterocycles. The van der Waals surface area contributed by atoms with E-state index >= 15 is 0 Å². The predicted molar refractivity (Wildman–Crippen MR) is 135 cm³/mol. The monoisotopic (exact) mass is 483 g/mol. The fourth-order valence-corrected chi connectivity index (χ4v) is 6.26. The molecular formula is C23H37N3O2S3. The molecule has 0 aliphatic rings. The van der Waals surface area contributed by atoms with Gasteiger partial charge in [-0.15, -0.1) is 22.7 Å². The first-order valence-electron chi connectivity index (χ1n) is 11.1. The molecular weight excluding hydrogens is 446 g/mol. The van der Waals surface area contributed by atoms with Crippen LogP contribution in [0.5, 0.6) is 0 Å². The highest BCUT2D eigenvalue weighted by Crippen LogP contribution is 2.35. The van der Waals surface area contributed by atoms with Crippen LogP contribution in [-0.2, 0) is 16.6 Å². The van der Waals surface area contributed by atoms with Crippen LogP contribution in [0.3, 0.4) is 0 Å². The van der Waals surface area contributed by atoms with Gasteiger partial charge in [-0.1, -0.05) is 65.1 Å². The molecule has 0 saturated carbocycles. The van der Waals surface area contributed by atoms with Gasteiger partial charge in [-0.25, -0.2) is 9.97 Å². The third kappa shape index (κ3) is 8.39. The summed E-state index contributed by atoms with van der Waals surface area (Å²) in [6.07, 6.45) is 7.12. The SMILES string of the molecule is CCCCCCCN(CCc1csc(SC(C)(C)C(=O)O)n1)c1nc(C(C)(C)C)cs1. The van der Waals surface area contributed by atoms with Gasteiger partial charge in [0.05, 0.1) is 11.4 Å². The molecule has 174 valence electrons. The van der Waals surface area contributed by atoms with E-state index in [1.807, 2.05) is 0 Å². The quantitative estimate of drug-likeness (QED) is 0.248. The number of hydrogen-bond acceptors (Lipinski definition) is 7. The minimum absolute atomic E-state index is 0.0551. The van der Waals surface area contributed by atoms with Crippen molar-refractivity contribution in [2.75, 3.05) is 18.0 Å². The van der Waals surface area contributed by atoms with Crippen LogP contribution in [0, 0.1) is 0 Å². The molecule has 0 unspecified atom stereocenters. The molecule has 5 nitrogen and oxygen atoms in total. The molecule has 2 aromatic rings. The van der Waals surface area contributed by atoms with Crippen molar-refractivity contribution >= 4 is 45.5 Å². The lowest BCUT2D eigenvalue weighted by molar-refractivity contribution is -0.138. The zero-order chi connectivity index (χ0) is 23.1. The molecule has 0 amide bonds. The summed E-state index contributed by atoms with van der Waals surface area (Å²) in [5.74, 6) is -0.818. The zero-order valence-electron chi connectivity index (χ0n) is 19.7. The van der Waals surface area contributed by atoms with Crippen LogP contribution in [0.1, 0.15) is 85.0 Å². The third-order valence-electron chi connectivity index (χ3n) is 5.09. The molecule has 0 aliphatic carbocycles. The summed E-state index contributed by atoms with van der Waals surface area (Å²) >= 11 is 4.58. The van der Waals surface area contributed by atoms with E-state index in [1.165, 1.54) is 55.2 Å². The molecule has 8 heteroatoms. The van der Waals surface area contributed by atoms with Gasteiger partial charge in [0.2, 0.25) is 0 Å². The lowest BCUT2D eigenvalue weighted by Crippen LogP contribution is -2.27. The molecule has 0 fully saturated rings. The van der Waals surface area contributed by atoms with E-state index in [4.69, 9.17) is 4.98 Å². The first-order chi connectivity index (χ1) is 14.5. The van der Waals surface area contributed by atoms with Crippen LogP contribution in [-0.4, -0.2) is 38.9 Å². The second-order valence-corrected chi connectivity index (χ2v) is 13.0. The van der Waals surface area contributed by atoms with Crippen LogP contribution in [0.25, 0.3) is 0 Å². The molecule has 2 heterocycles. The van der Waals surface area contributed by atoms with Crippen LogP contribution >= 0.6 is 34.4 Å². The standard InChI is InChI=1S/C23H37N3O2S3/c1-7-8-9-10-11-13-26(20-25-18(16-29-20)22(2,3)4)14-12-17-15-30-21(24-17)31-23(5,6)19(27)28/h15-16H,7-14H2,1-6H3,(H,27,28). The number of carbonyl (C=O) groups is 1. The van der Waals surface area contributed by atoms with Gasteiger partial charge in [-0.3, -0.25) is 4.79 Å². The van der Waals surface area contributed by atoms with Crippen molar-refractivity contribution < 1.29 is 9.90 Å². The normalized spacial score (nSPS) is 12.3. The molecule has 0 saturated heterocycles. The molecule has 0 aromatic carbocycles. The van der Waals surface area contributed by atoms with Gasteiger partial charge in [-0.2, -0.15) is 0 Å². The Bertz CT molecular complexity index is 824. The van der Waals surface area contributed by atoms with Crippen molar-refractivity contribution in [1.29, 1.82) is 0 Å². The molecule has 1 N–H and O–H groups in total. The van der Waals surface area contributed by atoms with Crippen LogP contribution in [0.4, 0.5) is 5.13 Å². The number of aromatic nitrogens is 2. The van der Waals surface area contributed by atoms with E-state index in [0.717, 1.165) is 40.4 Å². The van der Waals surface area contributed by atoms with Gasteiger partial charge in [0.15, 0.2) is 9.47 Å². The highest BCUT2D eigenvalue weighted by atomic mass is 32.2. The molecule has 0 bridgehead atoms. The Morgan fingerprint density at radius 1 is 1.03 bits per heavy atom. The Morgan fingerprint density at radius 3 is 2.35 bits per heavy atom. The second-order valence-electron chi connectivity index (χ2n) is 9.44. The number of carboxylic acids is 1. The van der Waals surface area contributed by atoms with Crippen molar-refractivity contribution in [2.45, 2.75) is 94.6 Å². The van der Waals surface area contributed by atoms with Crippen LogP contribution in [0.2, 0.25) is 0 Å². The molecule has 2 rings (SSSR count). The van der Waals surface area contributed by atoms with Gasteiger partial charge in [-0.05, 0) is 20.3 Å². The Morgan fingerprint density at radius 2 is 1.74 bits per heavy atom. The molecule has 0 aliphatic heterocycles. The Kier molecular flexibility index (Phi) is 9.83. The topological polar surface area (TPSA) is 66.3 Å². The predicted octanol–water partition coefficient (Wildman–Crippen LogP) is 6.87. The summed E-state index contributed by atoms with van der Waals surface area (Å²) in [4.78, 5) is 23.4. The Balaban J connectivity index is 2.02. The van der Waals surface area contributed by atoms with E-state index in [-0.39, 0.29) is 5.41 Å². The smallest absolute Gasteiger partial charge is 0.319 e. The number of aliphatic carboxylic acids is 1. The summed E-state index contributed by atoms with van der Waals surface area (Å²) in [5, 5.41) is 14.7. The van der Waals surface area contributed by atoms with E-state index < -0.39 is 10.7 Å². The maximum atomic E-state index is 11.4. The average molecular weight is 484 g/mol. The minimum Gasteiger partial charge on any atom is -0.480 e. The van der Waals surface area contributed by atoms with Gasteiger partial charge < -0.3 is 10.0 Å². The van der Waals surface area contributed by atoms with Gasteiger partial charge in [0.25, 0.3) is 0 Å². The summed E-state index contributed by atoms with van der Waals surface area (Å²) in [7, 11) is 0. The summed E-state index contributed by atoms with van der Waals surface area (Å²) < 4.78 is -0.0537. The van der Waals surface area contributed by atoms with E-state index in [0.29, 0.717) is 0 Å². The first kappa shape index (κ1) is 26.1. The maximum absolute atomic E-state index is 11.4. The Hall–Kier alpha value is -1.12. The third-order valence-corrected chi connectivity index (χ3v) is 8.16. The zero-order valence-corrected chi connectivity index (χ0v) is 22.2. The van der Waals surface area contributed by atoms with Crippen LogP contribution < -0.4 is 4.90 Å². The number of unbranched alkanes of at least 4 members (excludes halogenated alkanes) is 4. The molecule has 0 spiro atoms. The van der Waals surface area contributed by atoms with Crippen molar-refractivity contribution in [1.82, 2.24) is 9.97 Å². The van der Waals surface area contributed by atoms with E-state index in [2.05, 4.69) is 48.3 Å². The Labute approximate surface area is 199 Å². The molecule has 31 heavy (non-hydrogen) atoms. The average Bonchev–Trinajstić information content (AvgIpc) is 3.33. The highest BCUT2D eigenvalue weighted by molar-refractivity contribution is 8.03. The fourth-order valence-electron chi connectivity index (χ4n) is 2.92. The van der Waals surface area contributed by atoms with Gasteiger partial charge >= 0.3 is 5.97 Å². The summed E-state index contributed by atoms with van der Waals surface area (Å²) in [5.41, 5.74) is 2.23. The number of rotatable bonds is 13.